The van der Waals surface area contributed by atoms with Crippen molar-refractivity contribution < 1.29 is 14.3 Å². The van der Waals surface area contributed by atoms with E-state index in [0.717, 1.165) is 50.5 Å². The van der Waals surface area contributed by atoms with E-state index < -0.39 is 5.60 Å². The highest BCUT2D eigenvalue weighted by Crippen LogP contribution is 2.29. The summed E-state index contributed by atoms with van der Waals surface area (Å²) in [6, 6.07) is 5.89. The fraction of sp³-hybridized carbons (Fsp3) is 0.650. The number of ether oxygens (including phenoxy) is 2. The van der Waals surface area contributed by atoms with Gasteiger partial charge in [0, 0.05) is 43.0 Å². The van der Waals surface area contributed by atoms with Gasteiger partial charge in [0.1, 0.15) is 17.5 Å². The van der Waals surface area contributed by atoms with Crippen LogP contribution in [0.25, 0.3) is 0 Å². The maximum atomic E-state index is 12.2. The Morgan fingerprint density at radius 3 is 2.41 bits per heavy atom. The standard InChI is InChI=1S/C20H30ClN3O3/c1-20(2,3)27-19(25)24-10-8-23(9-11-24)16-12-15(21)13-18(14-16)26-17-4-6-22-7-5-17/h12-14,17,22H,4-11H2,1-3H3. The SMILES string of the molecule is CC(C)(C)OC(=O)N1CCN(c2cc(Cl)cc(OC3CCNCC3)c2)CC1. The lowest BCUT2D eigenvalue weighted by molar-refractivity contribution is 0.0240. The zero-order valence-corrected chi connectivity index (χ0v) is 17.2. The van der Waals surface area contributed by atoms with Crippen molar-refractivity contribution in [2.45, 2.75) is 45.3 Å². The molecule has 2 heterocycles. The Kier molecular flexibility index (Phi) is 6.37. The van der Waals surface area contributed by atoms with Crippen molar-refractivity contribution in [2.75, 3.05) is 44.2 Å². The van der Waals surface area contributed by atoms with Crippen LogP contribution in [0.15, 0.2) is 18.2 Å². The fourth-order valence-electron chi connectivity index (χ4n) is 3.38. The lowest BCUT2D eigenvalue weighted by Crippen LogP contribution is -2.50. The van der Waals surface area contributed by atoms with Crippen molar-refractivity contribution in [3.63, 3.8) is 0 Å². The number of benzene rings is 1. The van der Waals surface area contributed by atoms with E-state index in [1.807, 2.05) is 32.9 Å². The molecule has 0 aromatic heterocycles. The number of piperidine rings is 1. The van der Waals surface area contributed by atoms with E-state index in [2.05, 4.69) is 16.3 Å². The fourth-order valence-corrected chi connectivity index (χ4v) is 3.60. The number of amides is 1. The average Bonchev–Trinajstić information content (AvgIpc) is 2.61. The Balaban J connectivity index is 1.59. The number of hydrogen-bond acceptors (Lipinski definition) is 5. The molecule has 0 bridgehead atoms. The Morgan fingerprint density at radius 1 is 1.11 bits per heavy atom. The third kappa shape index (κ3) is 5.91. The molecule has 2 aliphatic heterocycles. The van der Waals surface area contributed by atoms with E-state index >= 15 is 0 Å². The average molecular weight is 396 g/mol. The first kappa shape index (κ1) is 20.1. The van der Waals surface area contributed by atoms with Crippen LogP contribution in [0.3, 0.4) is 0 Å². The number of carbonyl (C=O) groups excluding carboxylic acids is 1. The summed E-state index contributed by atoms with van der Waals surface area (Å²) in [5.41, 5.74) is 0.567. The molecule has 0 aliphatic carbocycles. The molecule has 0 spiro atoms. The van der Waals surface area contributed by atoms with Gasteiger partial charge in [-0.05, 0) is 58.8 Å². The van der Waals surface area contributed by atoms with Gasteiger partial charge in [-0.15, -0.1) is 0 Å². The van der Waals surface area contributed by atoms with Gasteiger partial charge in [-0.1, -0.05) is 11.6 Å². The molecule has 1 aromatic rings. The normalized spacial score (nSPS) is 19.1. The van der Waals surface area contributed by atoms with Gasteiger partial charge in [0.05, 0.1) is 0 Å². The Hall–Kier alpha value is -1.66. The third-order valence-corrected chi connectivity index (χ3v) is 4.96. The van der Waals surface area contributed by atoms with E-state index in [4.69, 9.17) is 21.1 Å². The van der Waals surface area contributed by atoms with E-state index in [0.29, 0.717) is 18.1 Å². The molecule has 150 valence electrons. The van der Waals surface area contributed by atoms with Gasteiger partial charge in [-0.2, -0.15) is 0 Å². The summed E-state index contributed by atoms with van der Waals surface area (Å²) < 4.78 is 11.6. The summed E-state index contributed by atoms with van der Waals surface area (Å²) in [5.74, 6) is 0.818. The second kappa shape index (κ2) is 8.57. The number of nitrogens with one attached hydrogen (secondary N) is 1. The van der Waals surface area contributed by atoms with E-state index in [1.165, 1.54) is 0 Å². The molecule has 27 heavy (non-hydrogen) atoms. The number of carbonyl (C=O) groups is 1. The summed E-state index contributed by atoms with van der Waals surface area (Å²) in [6.07, 6.45) is 2.01. The summed E-state index contributed by atoms with van der Waals surface area (Å²) in [6.45, 7) is 10.4. The minimum atomic E-state index is -0.470. The van der Waals surface area contributed by atoms with Crippen LogP contribution in [0.4, 0.5) is 10.5 Å². The van der Waals surface area contributed by atoms with E-state index in [-0.39, 0.29) is 12.2 Å². The van der Waals surface area contributed by atoms with Gasteiger partial charge in [-0.25, -0.2) is 4.79 Å². The third-order valence-electron chi connectivity index (χ3n) is 4.74. The highest BCUT2D eigenvalue weighted by atomic mass is 35.5. The summed E-state index contributed by atoms with van der Waals surface area (Å²) in [4.78, 5) is 16.2. The molecule has 2 saturated heterocycles. The summed E-state index contributed by atoms with van der Waals surface area (Å²) in [7, 11) is 0. The highest BCUT2D eigenvalue weighted by Gasteiger charge is 2.26. The summed E-state index contributed by atoms with van der Waals surface area (Å²) in [5, 5.41) is 4.02. The van der Waals surface area contributed by atoms with Crippen molar-refractivity contribution in [1.29, 1.82) is 0 Å². The quantitative estimate of drug-likeness (QED) is 0.848. The maximum absolute atomic E-state index is 12.2. The van der Waals surface area contributed by atoms with Gasteiger partial charge in [0.15, 0.2) is 0 Å². The predicted octanol–water partition coefficient (Wildman–Crippen LogP) is 3.53. The number of rotatable bonds is 3. The molecule has 3 rings (SSSR count). The van der Waals surface area contributed by atoms with Crippen LogP contribution < -0.4 is 15.0 Å². The predicted molar refractivity (Wildman–Crippen MR) is 108 cm³/mol. The van der Waals surface area contributed by atoms with Crippen LogP contribution in [-0.4, -0.2) is 62.0 Å². The van der Waals surface area contributed by atoms with Crippen LogP contribution >= 0.6 is 11.6 Å². The number of nitrogens with zero attached hydrogens (tertiary/aromatic N) is 2. The first-order chi connectivity index (χ1) is 12.8. The van der Waals surface area contributed by atoms with Crippen molar-refractivity contribution in [2.24, 2.45) is 0 Å². The minimum Gasteiger partial charge on any atom is -0.490 e. The van der Waals surface area contributed by atoms with Gasteiger partial charge >= 0.3 is 6.09 Å². The van der Waals surface area contributed by atoms with Gasteiger partial charge < -0.3 is 24.6 Å². The van der Waals surface area contributed by atoms with Crippen molar-refractivity contribution in [3.8, 4) is 5.75 Å². The lowest BCUT2D eigenvalue weighted by Gasteiger charge is -2.37. The van der Waals surface area contributed by atoms with Crippen LogP contribution in [0.1, 0.15) is 33.6 Å². The summed E-state index contributed by atoms with van der Waals surface area (Å²) >= 11 is 6.34. The van der Waals surface area contributed by atoms with Crippen LogP contribution in [-0.2, 0) is 4.74 Å². The van der Waals surface area contributed by atoms with Crippen LogP contribution in [0, 0.1) is 0 Å². The molecule has 1 amide bonds. The molecule has 1 aromatic carbocycles. The maximum Gasteiger partial charge on any atom is 0.410 e. The first-order valence-corrected chi connectivity index (χ1v) is 10.1. The highest BCUT2D eigenvalue weighted by molar-refractivity contribution is 6.31. The van der Waals surface area contributed by atoms with Gasteiger partial charge in [0.2, 0.25) is 0 Å². The number of piperazine rings is 1. The van der Waals surface area contributed by atoms with Crippen molar-refractivity contribution >= 4 is 23.4 Å². The second-order valence-electron chi connectivity index (χ2n) is 8.17. The number of anilines is 1. The monoisotopic (exact) mass is 395 g/mol. The smallest absolute Gasteiger partial charge is 0.410 e. The molecular weight excluding hydrogens is 366 g/mol. The molecule has 0 unspecified atom stereocenters. The van der Waals surface area contributed by atoms with Crippen LogP contribution in [0.5, 0.6) is 5.75 Å². The van der Waals surface area contributed by atoms with Gasteiger partial charge in [0.25, 0.3) is 0 Å². The zero-order valence-electron chi connectivity index (χ0n) is 16.5. The molecule has 1 N–H and O–H groups in total. The van der Waals surface area contributed by atoms with Gasteiger partial charge in [-0.3, -0.25) is 0 Å². The molecule has 0 saturated carbocycles. The van der Waals surface area contributed by atoms with E-state index in [9.17, 15) is 4.79 Å². The first-order valence-electron chi connectivity index (χ1n) is 9.71. The number of halogens is 1. The molecule has 6 nitrogen and oxygen atoms in total. The Labute approximate surface area is 166 Å². The van der Waals surface area contributed by atoms with E-state index in [1.54, 1.807) is 4.90 Å². The molecule has 0 atom stereocenters. The number of hydrogen-bond donors (Lipinski definition) is 1. The zero-order chi connectivity index (χ0) is 19.4. The lowest BCUT2D eigenvalue weighted by atomic mass is 10.1. The van der Waals surface area contributed by atoms with Crippen molar-refractivity contribution in [1.82, 2.24) is 10.2 Å². The molecule has 2 aliphatic rings. The van der Waals surface area contributed by atoms with Crippen LogP contribution in [0.2, 0.25) is 5.02 Å². The molecule has 7 heteroatoms. The molecule has 0 radical (unpaired) electrons. The molecule has 2 fully saturated rings. The molecular formula is C20H30ClN3O3. The van der Waals surface area contributed by atoms with Crippen molar-refractivity contribution in [3.05, 3.63) is 23.2 Å². The topological polar surface area (TPSA) is 54.0 Å². The largest absolute Gasteiger partial charge is 0.490 e. The Morgan fingerprint density at radius 2 is 1.78 bits per heavy atom. The Bertz CT molecular complexity index is 648. The second-order valence-corrected chi connectivity index (χ2v) is 8.60. The minimum absolute atomic E-state index is 0.238.